The van der Waals surface area contributed by atoms with E-state index in [1.165, 1.54) is 4.68 Å². The number of hydrogen-bond donors (Lipinski definition) is 1. The Labute approximate surface area is 143 Å². The molecule has 1 aliphatic rings. The highest BCUT2D eigenvalue weighted by Gasteiger charge is 2.21. The second-order valence-corrected chi connectivity index (χ2v) is 6.05. The molecular formula is C18H18N4O3. The van der Waals surface area contributed by atoms with E-state index in [1.807, 2.05) is 41.0 Å². The molecule has 2 heterocycles. The minimum absolute atomic E-state index is 0.00798. The van der Waals surface area contributed by atoms with Crippen LogP contribution in [0.4, 0.5) is 0 Å². The first kappa shape index (κ1) is 15.7. The monoisotopic (exact) mass is 338 g/mol. The summed E-state index contributed by atoms with van der Waals surface area (Å²) in [5.41, 5.74) is 1.76. The SMILES string of the molecule is O=c1c2ncn(C3C=CC(O)C3)c2cnn1COCc1ccccc1. The molecule has 0 amide bonds. The Morgan fingerprint density at radius 1 is 1.24 bits per heavy atom. The van der Waals surface area contributed by atoms with Crippen molar-refractivity contribution in [1.29, 1.82) is 0 Å². The van der Waals surface area contributed by atoms with Gasteiger partial charge in [0.25, 0.3) is 5.56 Å². The van der Waals surface area contributed by atoms with Crippen LogP contribution in [0.15, 0.2) is 59.8 Å². The third-order valence-corrected chi connectivity index (χ3v) is 4.31. The van der Waals surface area contributed by atoms with Crippen LogP contribution in [0, 0.1) is 0 Å². The number of hydrogen-bond acceptors (Lipinski definition) is 5. The first-order chi connectivity index (χ1) is 12.2. The number of ether oxygens (including phenoxy) is 1. The normalized spacial score (nSPS) is 19.7. The summed E-state index contributed by atoms with van der Waals surface area (Å²) in [6.45, 7) is 0.477. The summed E-state index contributed by atoms with van der Waals surface area (Å²) in [6, 6.07) is 9.74. The van der Waals surface area contributed by atoms with E-state index in [9.17, 15) is 9.90 Å². The predicted octanol–water partition coefficient (Wildman–Crippen LogP) is 1.63. The highest BCUT2D eigenvalue weighted by molar-refractivity contribution is 5.73. The van der Waals surface area contributed by atoms with Crippen LogP contribution < -0.4 is 5.56 Å². The molecule has 3 aromatic rings. The van der Waals surface area contributed by atoms with E-state index < -0.39 is 6.10 Å². The highest BCUT2D eigenvalue weighted by Crippen LogP contribution is 2.25. The summed E-state index contributed by atoms with van der Waals surface area (Å²) in [5.74, 6) is 0. The van der Waals surface area contributed by atoms with Crippen molar-refractivity contribution < 1.29 is 9.84 Å². The summed E-state index contributed by atoms with van der Waals surface area (Å²) in [7, 11) is 0. The molecule has 4 rings (SSSR count). The largest absolute Gasteiger partial charge is 0.389 e. The zero-order valence-corrected chi connectivity index (χ0v) is 13.5. The Balaban J connectivity index is 1.53. The zero-order chi connectivity index (χ0) is 17.2. The number of allylic oxidation sites excluding steroid dienone is 1. The number of aliphatic hydroxyl groups excluding tert-OH is 1. The van der Waals surface area contributed by atoms with E-state index >= 15 is 0 Å². The molecule has 0 saturated carbocycles. The molecule has 1 N–H and O–H groups in total. The van der Waals surface area contributed by atoms with Gasteiger partial charge in [-0.3, -0.25) is 4.79 Å². The van der Waals surface area contributed by atoms with Gasteiger partial charge in [-0.1, -0.05) is 42.5 Å². The topological polar surface area (TPSA) is 82.2 Å². The van der Waals surface area contributed by atoms with Crippen molar-refractivity contribution in [2.24, 2.45) is 0 Å². The van der Waals surface area contributed by atoms with Gasteiger partial charge in [-0.2, -0.15) is 5.10 Å². The van der Waals surface area contributed by atoms with E-state index in [2.05, 4.69) is 10.1 Å². The fourth-order valence-electron chi connectivity index (χ4n) is 3.01. The molecule has 0 saturated heterocycles. The zero-order valence-electron chi connectivity index (χ0n) is 13.5. The van der Waals surface area contributed by atoms with Crippen LogP contribution in [-0.4, -0.2) is 30.5 Å². The van der Waals surface area contributed by atoms with Crippen molar-refractivity contribution in [3.05, 3.63) is 70.9 Å². The second kappa shape index (κ2) is 6.62. The fraction of sp³-hybridized carbons (Fsp3) is 0.278. The van der Waals surface area contributed by atoms with Gasteiger partial charge < -0.3 is 14.4 Å². The maximum atomic E-state index is 12.5. The lowest BCUT2D eigenvalue weighted by atomic mass is 10.2. The van der Waals surface area contributed by atoms with E-state index in [0.29, 0.717) is 24.1 Å². The lowest BCUT2D eigenvalue weighted by Gasteiger charge is -2.12. The Morgan fingerprint density at radius 3 is 2.84 bits per heavy atom. The van der Waals surface area contributed by atoms with Gasteiger partial charge in [0.05, 0.1) is 36.8 Å². The molecule has 0 radical (unpaired) electrons. The lowest BCUT2D eigenvalue weighted by molar-refractivity contribution is 0.0532. The van der Waals surface area contributed by atoms with Crippen LogP contribution in [0.25, 0.3) is 11.0 Å². The Morgan fingerprint density at radius 2 is 2.08 bits per heavy atom. The molecule has 0 spiro atoms. The summed E-state index contributed by atoms with van der Waals surface area (Å²) >= 11 is 0. The number of aromatic nitrogens is 4. The van der Waals surface area contributed by atoms with Gasteiger partial charge in [-0.05, 0) is 5.56 Å². The van der Waals surface area contributed by atoms with Crippen molar-refractivity contribution in [2.45, 2.75) is 31.9 Å². The third kappa shape index (κ3) is 3.11. The number of nitrogens with zero attached hydrogens (tertiary/aromatic N) is 4. The van der Waals surface area contributed by atoms with E-state index in [1.54, 1.807) is 18.6 Å². The van der Waals surface area contributed by atoms with Crippen molar-refractivity contribution in [1.82, 2.24) is 19.3 Å². The lowest BCUT2D eigenvalue weighted by Crippen LogP contribution is -2.24. The first-order valence-corrected chi connectivity index (χ1v) is 8.13. The molecule has 1 aromatic carbocycles. The summed E-state index contributed by atoms with van der Waals surface area (Å²) in [4.78, 5) is 16.8. The quantitative estimate of drug-likeness (QED) is 0.715. The van der Waals surface area contributed by atoms with Gasteiger partial charge in [0.1, 0.15) is 6.73 Å². The molecule has 2 unspecified atom stereocenters. The van der Waals surface area contributed by atoms with Gasteiger partial charge in [0.2, 0.25) is 0 Å². The minimum atomic E-state index is -0.456. The molecule has 25 heavy (non-hydrogen) atoms. The van der Waals surface area contributed by atoms with Gasteiger partial charge >= 0.3 is 0 Å². The molecule has 0 bridgehead atoms. The maximum Gasteiger partial charge on any atom is 0.297 e. The van der Waals surface area contributed by atoms with Gasteiger partial charge in [0.15, 0.2) is 5.52 Å². The summed E-state index contributed by atoms with van der Waals surface area (Å²) in [6.07, 6.45) is 7.03. The highest BCUT2D eigenvalue weighted by atomic mass is 16.5. The fourth-order valence-corrected chi connectivity index (χ4v) is 3.01. The number of fused-ring (bicyclic) bond motifs is 1. The summed E-state index contributed by atoms with van der Waals surface area (Å²) in [5, 5.41) is 13.8. The van der Waals surface area contributed by atoms with E-state index in [-0.39, 0.29) is 18.3 Å². The van der Waals surface area contributed by atoms with Crippen molar-refractivity contribution >= 4 is 11.0 Å². The Hall–Kier alpha value is -2.77. The average Bonchev–Trinajstić information content (AvgIpc) is 3.24. The van der Waals surface area contributed by atoms with Crippen LogP contribution >= 0.6 is 0 Å². The molecule has 2 atom stereocenters. The van der Waals surface area contributed by atoms with Crippen molar-refractivity contribution in [3.63, 3.8) is 0 Å². The molecular weight excluding hydrogens is 320 g/mol. The van der Waals surface area contributed by atoms with Crippen molar-refractivity contribution in [2.75, 3.05) is 0 Å². The average molecular weight is 338 g/mol. The summed E-state index contributed by atoms with van der Waals surface area (Å²) < 4.78 is 8.71. The van der Waals surface area contributed by atoms with Crippen LogP contribution in [0.2, 0.25) is 0 Å². The van der Waals surface area contributed by atoms with Gasteiger partial charge in [-0.15, -0.1) is 0 Å². The van der Waals surface area contributed by atoms with Crippen LogP contribution in [0.3, 0.4) is 0 Å². The molecule has 0 fully saturated rings. The van der Waals surface area contributed by atoms with Gasteiger partial charge in [-0.25, -0.2) is 9.67 Å². The molecule has 7 heteroatoms. The maximum absolute atomic E-state index is 12.5. The Bertz CT molecular complexity index is 961. The molecule has 1 aliphatic carbocycles. The van der Waals surface area contributed by atoms with Gasteiger partial charge in [0, 0.05) is 6.42 Å². The standard InChI is InChI=1S/C18H18N4O3/c23-15-7-6-14(8-15)21-11-19-17-16(21)9-20-22(18(17)24)12-25-10-13-4-2-1-3-5-13/h1-7,9,11,14-15,23H,8,10,12H2. The van der Waals surface area contributed by atoms with Crippen LogP contribution in [0.1, 0.15) is 18.0 Å². The third-order valence-electron chi connectivity index (χ3n) is 4.31. The molecule has 2 aromatic heterocycles. The molecule has 7 nitrogen and oxygen atoms in total. The van der Waals surface area contributed by atoms with Crippen molar-refractivity contribution in [3.8, 4) is 0 Å². The van der Waals surface area contributed by atoms with Crippen LogP contribution in [-0.2, 0) is 18.1 Å². The number of aliphatic hydroxyl groups is 1. The predicted molar refractivity (Wildman–Crippen MR) is 91.8 cm³/mol. The molecule has 0 aliphatic heterocycles. The number of imidazole rings is 1. The number of rotatable bonds is 5. The van der Waals surface area contributed by atoms with E-state index in [0.717, 1.165) is 5.56 Å². The first-order valence-electron chi connectivity index (χ1n) is 8.13. The van der Waals surface area contributed by atoms with Crippen LogP contribution in [0.5, 0.6) is 0 Å². The molecule has 128 valence electrons. The minimum Gasteiger partial charge on any atom is -0.389 e. The Kier molecular flexibility index (Phi) is 4.17. The number of benzene rings is 1. The second-order valence-electron chi connectivity index (χ2n) is 6.05. The van der Waals surface area contributed by atoms with E-state index in [4.69, 9.17) is 4.74 Å². The smallest absolute Gasteiger partial charge is 0.297 e.